The predicted octanol–water partition coefficient (Wildman–Crippen LogP) is 3.06. The van der Waals surface area contributed by atoms with E-state index in [1.165, 1.54) is 12.3 Å². The molecule has 3 rings (SSSR count). The third-order valence-corrected chi connectivity index (χ3v) is 5.23. The summed E-state index contributed by atoms with van der Waals surface area (Å²) in [6.07, 6.45) is -3.36. The molecule has 1 aromatic heterocycles. The van der Waals surface area contributed by atoms with Gasteiger partial charge in [-0.3, -0.25) is 4.72 Å². The van der Waals surface area contributed by atoms with Gasteiger partial charge in [-0.1, -0.05) is 18.2 Å². The SMILES string of the molecule is NC(=O)N/N=C/c1ccc2cccc(NS(=O)(=O)c3ccc(C(F)(F)F)cc3)c2n1. The Morgan fingerprint density at radius 1 is 1.07 bits per heavy atom. The van der Waals surface area contributed by atoms with Gasteiger partial charge in [-0.25, -0.2) is 23.6 Å². The summed E-state index contributed by atoms with van der Waals surface area (Å²) in [5.41, 5.74) is 6.65. The van der Waals surface area contributed by atoms with Gasteiger partial charge in [-0.2, -0.15) is 18.3 Å². The van der Waals surface area contributed by atoms with Crippen molar-refractivity contribution in [3.05, 3.63) is 65.9 Å². The number of hydrogen-bond acceptors (Lipinski definition) is 5. The molecule has 4 N–H and O–H groups in total. The second-order valence-electron chi connectivity index (χ2n) is 5.98. The summed E-state index contributed by atoms with van der Waals surface area (Å²) in [5, 5.41) is 4.18. The highest BCUT2D eigenvalue weighted by molar-refractivity contribution is 7.92. The van der Waals surface area contributed by atoms with E-state index >= 15 is 0 Å². The van der Waals surface area contributed by atoms with Gasteiger partial charge in [-0.15, -0.1) is 0 Å². The van der Waals surface area contributed by atoms with Crippen molar-refractivity contribution in [1.82, 2.24) is 10.4 Å². The van der Waals surface area contributed by atoms with Crippen molar-refractivity contribution in [3.63, 3.8) is 0 Å². The maximum absolute atomic E-state index is 12.7. The van der Waals surface area contributed by atoms with Gasteiger partial charge < -0.3 is 5.73 Å². The minimum Gasteiger partial charge on any atom is -0.350 e. The van der Waals surface area contributed by atoms with Gasteiger partial charge >= 0.3 is 12.2 Å². The van der Waals surface area contributed by atoms with Crippen LogP contribution in [0.4, 0.5) is 23.7 Å². The minimum atomic E-state index is -4.57. The maximum atomic E-state index is 12.7. The Labute approximate surface area is 168 Å². The standard InChI is InChI=1S/C18H14F3N5O3S/c19-18(20,21)12-5-8-14(9-6-12)30(28,29)26-15-3-1-2-11-4-7-13(24-16(11)15)10-23-25-17(22)27/h1-10,26H,(H3,22,25,27)/b23-10+. The summed E-state index contributed by atoms with van der Waals surface area (Å²) >= 11 is 0. The molecule has 0 saturated heterocycles. The molecule has 0 aliphatic heterocycles. The fourth-order valence-electron chi connectivity index (χ4n) is 2.51. The number of nitrogens with zero attached hydrogens (tertiary/aromatic N) is 2. The normalized spacial score (nSPS) is 12.2. The highest BCUT2D eigenvalue weighted by atomic mass is 32.2. The number of carbonyl (C=O) groups excluding carboxylic acids is 1. The Morgan fingerprint density at radius 2 is 1.77 bits per heavy atom. The number of benzene rings is 2. The lowest BCUT2D eigenvalue weighted by molar-refractivity contribution is -0.137. The van der Waals surface area contributed by atoms with E-state index < -0.39 is 27.8 Å². The zero-order valence-electron chi connectivity index (χ0n) is 15.0. The van der Waals surface area contributed by atoms with Crippen LogP contribution in [0, 0.1) is 0 Å². The van der Waals surface area contributed by atoms with Crippen LogP contribution in [0.5, 0.6) is 0 Å². The summed E-state index contributed by atoms with van der Waals surface area (Å²) in [4.78, 5) is 14.6. The van der Waals surface area contributed by atoms with Gasteiger partial charge in [0.05, 0.1) is 33.6 Å². The molecule has 0 aliphatic rings. The molecular formula is C18H14F3N5O3S. The van der Waals surface area contributed by atoms with Crippen molar-refractivity contribution in [2.24, 2.45) is 10.8 Å². The van der Waals surface area contributed by atoms with Gasteiger partial charge in [0, 0.05) is 5.39 Å². The number of halogens is 3. The first-order chi connectivity index (χ1) is 14.1. The number of nitrogens with two attached hydrogens (primary N) is 1. The van der Waals surface area contributed by atoms with Crippen LogP contribution in [-0.2, 0) is 16.2 Å². The van der Waals surface area contributed by atoms with Crippen LogP contribution < -0.4 is 15.9 Å². The number of aromatic nitrogens is 1. The number of fused-ring (bicyclic) bond motifs is 1. The van der Waals surface area contributed by atoms with Gasteiger partial charge in [0.15, 0.2) is 0 Å². The first kappa shape index (κ1) is 21.0. The Morgan fingerprint density at radius 3 is 2.40 bits per heavy atom. The highest BCUT2D eigenvalue weighted by Gasteiger charge is 2.30. The number of anilines is 1. The number of pyridine rings is 1. The van der Waals surface area contributed by atoms with Crippen LogP contribution in [0.3, 0.4) is 0 Å². The molecule has 0 saturated carbocycles. The van der Waals surface area contributed by atoms with E-state index in [9.17, 15) is 26.4 Å². The molecule has 0 bridgehead atoms. The number of rotatable bonds is 5. The van der Waals surface area contributed by atoms with Crippen molar-refractivity contribution < 1.29 is 26.4 Å². The molecule has 30 heavy (non-hydrogen) atoms. The second kappa shape index (κ2) is 7.99. The summed E-state index contributed by atoms with van der Waals surface area (Å²) in [5.74, 6) is 0. The average molecular weight is 437 g/mol. The smallest absolute Gasteiger partial charge is 0.350 e. The number of hydrogen-bond donors (Lipinski definition) is 3. The van der Waals surface area contributed by atoms with E-state index in [2.05, 4.69) is 14.8 Å². The number of primary amides is 1. The van der Waals surface area contributed by atoms with Gasteiger partial charge in [-0.05, 0) is 36.4 Å². The van der Waals surface area contributed by atoms with Crippen molar-refractivity contribution >= 4 is 38.9 Å². The fraction of sp³-hybridized carbons (Fsp3) is 0.0556. The molecule has 0 radical (unpaired) electrons. The lowest BCUT2D eigenvalue weighted by atomic mass is 10.2. The zero-order valence-corrected chi connectivity index (χ0v) is 15.8. The van der Waals surface area contributed by atoms with Gasteiger partial charge in [0.1, 0.15) is 0 Å². The zero-order chi connectivity index (χ0) is 21.9. The molecule has 2 amide bonds. The number of hydrazone groups is 1. The lowest BCUT2D eigenvalue weighted by Crippen LogP contribution is -2.24. The third-order valence-electron chi connectivity index (χ3n) is 3.85. The van der Waals surface area contributed by atoms with Crippen molar-refractivity contribution in [1.29, 1.82) is 0 Å². The first-order valence-electron chi connectivity index (χ1n) is 8.25. The van der Waals surface area contributed by atoms with Crippen LogP contribution in [-0.4, -0.2) is 25.6 Å². The number of sulfonamides is 1. The Kier molecular flexibility index (Phi) is 5.60. The molecule has 0 aliphatic carbocycles. The highest BCUT2D eigenvalue weighted by Crippen LogP contribution is 2.30. The molecule has 3 aromatic rings. The number of amides is 2. The molecule has 12 heteroatoms. The minimum absolute atomic E-state index is 0.116. The van der Waals surface area contributed by atoms with Crippen LogP contribution in [0.2, 0.25) is 0 Å². The van der Waals surface area contributed by atoms with Gasteiger partial charge in [0.25, 0.3) is 10.0 Å². The van der Waals surface area contributed by atoms with Crippen LogP contribution >= 0.6 is 0 Å². The molecule has 0 atom stereocenters. The summed E-state index contributed by atoms with van der Waals surface area (Å²) in [6, 6.07) is 10.3. The predicted molar refractivity (Wildman–Crippen MR) is 104 cm³/mol. The Hall–Kier alpha value is -3.67. The van der Waals surface area contributed by atoms with E-state index in [0.717, 1.165) is 12.1 Å². The van der Waals surface area contributed by atoms with Gasteiger partial charge in [0.2, 0.25) is 0 Å². The summed E-state index contributed by atoms with van der Waals surface area (Å²) < 4.78 is 65.7. The molecule has 156 valence electrons. The van der Waals surface area contributed by atoms with Crippen molar-refractivity contribution in [2.75, 3.05) is 4.72 Å². The van der Waals surface area contributed by atoms with E-state index in [4.69, 9.17) is 5.73 Å². The van der Waals surface area contributed by atoms with Crippen LogP contribution in [0.1, 0.15) is 11.3 Å². The Balaban J connectivity index is 1.94. The first-order valence-corrected chi connectivity index (χ1v) is 9.73. The third kappa shape index (κ3) is 4.84. The summed E-state index contributed by atoms with van der Waals surface area (Å²) in [6.45, 7) is 0. The molecule has 1 heterocycles. The number of urea groups is 1. The van der Waals surface area contributed by atoms with Crippen molar-refractivity contribution in [2.45, 2.75) is 11.1 Å². The molecule has 8 nitrogen and oxygen atoms in total. The number of para-hydroxylation sites is 1. The fourth-order valence-corrected chi connectivity index (χ4v) is 3.57. The van der Waals surface area contributed by atoms with E-state index in [1.54, 1.807) is 24.3 Å². The monoisotopic (exact) mass is 437 g/mol. The Bertz CT molecular complexity index is 1230. The largest absolute Gasteiger partial charge is 0.416 e. The molecular weight excluding hydrogens is 423 g/mol. The second-order valence-corrected chi connectivity index (χ2v) is 7.66. The quantitative estimate of drug-likeness (QED) is 0.419. The van der Waals surface area contributed by atoms with Crippen LogP contribution in [0.25, 0.3) is 10.9 Å². The lowest BCUT2D eigenvalue weighted by Gasteiger charge is -2.12. The topological polar surface area (TPSA) is 127 Å². The van der Waals surface area contributed by atoms with Crippen LogP contribution in [0.15, 0.2) is 64.6 Å². The maximum Gasteiger partial charge on any atom is 0.416 e. The molecule has 2 aromatic carbocycles. The molecule has 0 fully saturated rings. The number of nitrogens with one attached hydrogen (secondary N) is 2. The molecule has 0 unspecified atom stereocenters. The van der Waals surface area contributed by atoms with Crippen molar-refractivity contribution in [3.8, 4) is 0 Å². The summed E-state index contributed by atoms with van der Waals surface area (Å²) in [7, 11) is -4.17. The van der Waals surface area contributed by atoms with E-state index in [-0.39, 0.29) is 16.1 Å². The number of alkyl halides is 3. The molecule has 0 spiro atoms. The van der Waals surface area contributed by atoms with E-state index in [0.29, 0.717) is 23.2 Å². The number of carbonyl (C=O) groups is 1. The average Bonchev–Trinajstić information content (AvgIpc) is 2.67. The van der Waals surface area contributed by atoms with E-state index in [1.807, 2.05) is 5.43 Å².